The molecule has 0 atom stereocenters. The molecule has 0 bridgehead atoms. The van der Waals surface area contributed by atoms with Crippen LogP contribution in [0.25, 0.3) is 0 Å². The Balaban J connectivity index is 2.01. The fraction of sp³-hybridized carbons (Fsp3) is 0.667. The van der Waals surface area contributed by atoms with Crippen molar-refractivity contribution >= 4 is 0 Å². The van der Waals surface area contributed by atoms with Crippen molar-refractivity contribution in [1.29, 1.82) is 0 Å². The van der Waals surface area contributed by atoms with E-state index in [-0.39, 0.29) is 6.29 Å². The Bertz CT molecular complexity index is 300. The van der Waals surface area contributed by atoms with E-state index in [2.05, 4.69) is 11.1 Å². The molecule has 19 heavy (non-hydrogen) atoms. The van der Waals surface area contributed by atoms with Crippen LogP contribution < -0.4 is 0 Å². The maximum atomic E-state index is 5.60. The van der Waals surface area contributed by atoms with Crippen molar-refractivity contribution in [3.8, 4) is 0 Å². The zero-order valence-corrected chi connectivity index (χ0v) is 12.0. The average Bonchev–Trinajstić information content (AvgIpc) is 2.44. The van der Waals surface area contributed by atoms with Gasteiger partial charge in [0.25, 0.3) is 0 Å². The summed E-state index contributed by atoms with van der Waals surface area (Å²) in [6.45, 7) is 6.73. The van der Waals surface area contributed by atoms with Gasteiger partial charge in [0.2, 0.25) is 0 Å². The summed E-state index contributed by atoms with van der Waals surface area (Å²) < 4.78 is 16.5. The van der Waals surface area contributed by atoms with Crippen molar-refractivity contribution in [2.24, 2.45) is 0 Å². The lowest BCUT2D eigenvalue weighted by Crippen LogP contribution is -2.19. The van der Waals surface area contributed by atoms with Crippen LogP contribution in [0.5, 0.6) is 0 Å². The van der Waals surface area contributed by atoms with Crippen LogP contribution in [-0.4, -0.2) is 37.7 Å². The molecule has 1 aromatic heterocycles. The van der Waals surface area contributed by atoms with Gasteiger partial charge in [0.1, 0.15) is 0 Å². The first kappa shape index (κ1) is 16.1. The second-order valence-corrected chi connectivity index (χ2v) is 4.21. The molecule has 1 aromatic rings. The van der Waals surface area contributed by atoms with E-state index in [1.165, 1.54) is 5.56 Å². The fourth-order valence-corrected chi connectivity index (χ4v) is 1.79. The largest absolute Gasteiger partial charge is 0.381 e. The fourth-order valence-electron chi connectivity index (χ4n) is 1.79. The van der Waals surface area contributed by atoms with E-state index in [1.54, 1.807) is 6.20 Å². The van der Waals surface area contributed by atoms with Crippen LogP contribution in [0.4, 0.5) is 0 Å². The number of ether oxygens (including phenoxy) is 3. The van der Waals surface area contributed by atoms with Gasteiger partial charge in [0.05, 0.1) is 6.61 Å². The third-order valence-corrected chi connectivity index (χ3v) is 2.68. The zero-order valence-electron chi connectivity index (χ0n) is 12.0. The highest BCUT2D eigenvalue weighted by Crippen LogP contribution is 2.03. The Morgan fingerprint density at radius 2 is 1.95 bits per heavy atom. The molecular formula is C15H25NO3. The SMILES string of the molecule is CCOC(CCOCCCc1cccnc1)OCC. The van der Waals surface area contributed by atoms with Gasteiger partial charge in [-0.25, -0.2) is 0 Å². The standard InChI is InChI=1S/C15H25NO3/c1-3-18-15(19-4-2)9-12-17-11-6-8-14-7-5-10-16-13-14/h5,7,10,13,15H,3-4,6,8-9,11-12H2,1-2H3. The molecule has 0 N–H and O–H groups in total. The first-order valence-electron chi connectivity index (χ1n) is 7.06. The summed E-state index contributed by atoms with van der Waals surface area (Å²) in [6.07, 6.45) is 6.37. The molecule has 0 fully saturated rings. The second kappa shape index (κ2) is 10.9. The summed E-state index contributed by atoms with van der Waals surface area (Å²) in [5, 5.41) is 0. The topological polar surface area (TPSA) is 40.6 Å². The monoisotopic (exact) mass is 267 g/mol. The van der Waals surface area contributed by atoms with Crippen LogP contribution >= 0.6 is 0 Å². The maximum Gasteiger partial charge on any atom is 0.159 e. The third kappa shape index (κ3) is 7.93. The molecule has 0 aromatic carbocycles. The predicted molar refractivity (Wildman–Crippen MR) is 75.0 cm³/mol. The smallest absolute Gasteiger partial charge is 0.159 e. The quantitative estimate of drug-likeness (QED) is 0.456. The first-order valence-corrected chi connectivity index (χ1v) is 7.06. The number of hydrogen-bond acceptors (Lipinski definition) is 4. The van der Waals surface area contributed by atoms with E-state index in [0.717, 1.165) is 25.9 Å². The molecular weight excluding hydrogens is 242 g/mol. The molecule has 4 nitrogen and oxygen atoms in total. The Kier molecular flexibility index (Phi) is 9.23. The van der Waals surface area contributed by atoms with Crippen molar-refractivity contribution < 1.29 is 14.2 Å². The molecule has 108 valence electrons. The second-order valence-electron chi connectivity index (χ2n) is 4.21. The van der Waals surface area contributed by atoms with Crippen LogP contribution in [0.3, 0.4) is 0 Å². The van der Waals surface area contributed by atoms with E-state index in [9.17, 15) is 0 Å². The molecule has 0 aliphatic heterocycles. The van der Waals surface area contributed by atoms with Crippen LogP contribution in [0, 0.1) is 0 Å². The van der Waals surface area contributed by atoms with Gasteiger partial charge < -0.3 is 14.2 Å². The lowest BCUT2D eigenvalue weighted by molar-refractivity contribution is -0.146. The highest BCUT2D eigenvalue weighted by Gasteiger charge is 2.06. The highest BCUT2D eigenvalue weighted by molar-refractivity contribution is 5.08. The lowest BCUT2D eigenvalue weighted by atomic mass is 10.2. The molecule has 0 saturated carbocycles. The van der Waals surface area contributed by atoms with Gasteiger partial charge in [-0.05, 0) is 38.3 Å². The summed E-state index contributed by atoms with van der Waals surface area (Å²) in [5.41, 5.74) is 1.26. The van der Waals surface area contributed by atoms with Crippen molar-refractivity contribution in [2.45, 2.75) is 39.4 Å². The molecule has 0 unspecified atom stereocenters. The van der Waals surface area contributed by atoms with Gasteiger partial charge >= 0.3 is 0 Å². The van der Waals surface area contributed by atoms with Crippen molar-refractivity contribution in [3.63, 3.8) is 0 Å². The van der Waals surface area contributed by atoms with Gasteiger partial charge in [0.15, 0.2) is 6.29 Å². The van der Waals surface area contributed by atoms with Crippen LogP contribution in [0.2, 0.25) is 0 Å². The summed E-state index contributed by atoms with van der Waals surface area (Å²) in [5.74, 6) is 0. The van der Waals surface area contributed by atoms with Gasteiger partial charge in [-0.1, -0.05) is 6.07 Å². The molecule has 0 aliphatic carbocycles. The Labute approximate surface area is 116 Å². The van der Waals surface area contributed by atoms with Gasteiger partial charge in [0, 0.05) is 38.6 Å². The molecule has 1 heterocycles. The van der Waals surface area contributed by atoms with E-state index < -0.39 is 0 Å². The Morgan fingerprint density at radius 1 is 1.16 bits per heavy atom. The number of aromatic nitrogens is 1. The third-order valence-electron chi connectivity index (χ3n) is 2.68. The average molecular weight is 267 g/mol. The Hall–Kier alpha value is -0.970. The van der Waals surface area contributed by atoms with E-state index >= 15 is 0 Å². The van der Waals surface area contributed by atoms with Crippen LogP contribution in [-0.2, 0) is 20.6 Å². The van der Waals surface area contributed by atoms with Crippen molar-refractivity contribution in [1.82, 2.24) is 4.98 Å². The van der Waals surface area contributed by atoms with E-state index in [1.807, 2.05) is 26.1 Å². The molecule has 0 saturated heterocycles. The van der Waals surface area contributed by atoms with Gasteiger partial charge in [-0.15, -0.1) is 0 Å². The summed E-state index contributed by atoms with van der Waals surface area (Å²) in [6, 6.07) is 4.05. The molecule has 0 radical (unpaired) electrons. The van der Waals surface area contributed by atoms with Crippen LogP contribution in [0.15, 0.2) is 24.5 Å². The van der Waals surface area contributed by atoms with E-state index in [4.69, 9.17) is 14.2 Å². The zero-order chi connectivity index (χ0) is 13.8. The Morgan fingerprint density at radius 3 is 2.58 bits per heavy atom. The van der Waals surface area contributed by atoms with E-state index in [0.29, 0.717) is 19.8 Å². The number of hydrogen-bond donors (Lipinski definition) is 0. The minimum Gasteiger partial charge on any atom is -0.381 e. The minimum atomic E-state index is -0.131. The number of aryl methyl sites for hydroxylation is 1. The molecule has 0 amide bonds. The maximum absolute atomic E-state index is 5.60. The predicted octanol–water partition coefficient (Wildman–Crippen LogP) is 2.82. The van der Waals surface area contributed by atoms with Crippen LogP contribution in [0.1, 0.15) is 32.3 Å². The summed E-state index contributed by atoms with van der Waals surface area (Å²) >= 11 is 0. The van der Waals surface area contributed by atoms with Gasteiger partial charge in [-0.3, -0.25) is 4.98 Å². The molecule has 4 heteroatoms. The first-order chi connectivity index (χ1) is 9.36. The molecule has 0 spiro atoms. The normalized spacial score (nSPS) is 11.1. The van der Waals surface area contributed by atoms with Crippen molar-refractivity contribution in [2.75, 3.05) is 26.4 Å². The lowest BCUT2D eigenvalue weighted by Gasteiger charge is -2.16. The van der Waals surface area contributed by atoms with Crippen molar-refractivity contribution in [3.05, 3.63) is 30.1 Å². The minimum absolute atomic E-state index is 0.131. The summed E-state index contributed by atoms with van der Waals surface area (Å²) in [7, 11) is 0. The van der Waals surface area contributed by atoms with Gasteiger partial charge in [-0.2, -0.15) is 0 Å². The number of nitrogens with zero attached hydrogens (tertiary/aromatic N) is 1. The molecule has 1 rings (SSSR count). The number of rotatable bonds is 11. The molecule has 0 aliphatic rings. The number of pyridine rings is 1. The summed E-state index contributed by atoms with van der Waals surface area (Å²) in [4.78, 5) is 4.09. The highest BCUT2D eigenvalue weighted by atomic mass is 16.7.